The van der Waals surface area contributed by atoms with Gasteiger partial charge in [-0.2, -0.15) is 0 Å². The van der Waals surface area contributed by atoms with Gasteiger partial charge in [-0.05, 0) is 74.6 Å². The number of piperidine rings is 2. The van der Waals surface area contributed by atoms with E-state index < -0.39 is 0 Å². The number of carbonyl (C=O) groups is 2. The van der Waals surface area contributed by atoms with Gasteiger partial charge in [0.15, 0.2) is 0 Å². The molecule has 2 N–H and O–H groups in total. The van der Waals surface area contributed by atoms with E-state index >= 15 is 0 Å². The summed E-state index contributed by atoms with van der Waals surface area (Å²) >= 11 is 0. The molecule has 1 aromatic carbocycles. The van der Waals surface area contributed by atoms with Gasteiger partial charge >= 0.3 is 6.03 Å². The quantitative estimate of drug-likeness (QED) is 0.472. The van der Waals surface area contributed by atoms with Crippen LogP contribution in [0, 0.1) is 23.6 Å². The minimum Gasteiger partial charge on any atom is -0.381 e. The number of rotatable bonds is 9. The van der Waals surface area contributed by atoms with Gasteiger partial charge in [0.25, 0.3) is 0 Å². The average molecular weight is 574 g/mol. The second kappa shape index (κ2) is 15.3. The summed E-state index contributed by atoms with van der Waals surface area (Å²) in [4.78, 5) is 33.2. The number of nitrogens with one attached hydrogen (secondary N) is 2. The predicted molar refractivity (Wildman–Crippen MR) is 155 cm³/mol. The highest BCUT2D eigenvalue weighted by Gasteiger charge is 2.36. The lowest BCUT2D eigenvalue weighted by Crippen LogP contribution is -2.59. The minimum absolute atomic E-state index is 0.0256. The van der Waals surface area contributed by atoms with Gasteiger partial charge in [0.2, 0.25) is 5.91 Å². The van der Waals surface area contributed by atoms with Crippen LogP contribution in [0.3, 0.4) is 0 Å². The SMILES string of the molecule is O=C(NCCN1CCOCC1)NC1CN(C(=O)C2CCOCC2)CCC1CN1CCCC(Cc2ccc(F)cc2)C1. The fraction of sp³-hybridized carbons (Fsp3) is 0.742. The van der Waals surface area contributed by atoms with Crippen LogP contribution in [0.1, 0.15) is 37.7 Å². The van der Waals surface area contributed by atoms with Gasteiger partial charge < -0.3 is 29.9 Å². The van der Waals surface area contributed by atoms with Crippen LogP contribution < -0.4 is 10.6 Å². The molecule has 41 heavy (non-hydrogen) atoms. The smallest absolute Gasteiger partial charge is 0.315 e. The maximum Gasteiger partial charge on any atom is 0.315 e. The number of urea groups is 1. The molecule has 0 saturated carbocycles. The number of benzene rings is 1. The zero-order chi connectivity index (χ0) is 28.4. The van der Waals surface area contributed by atoms with E-state index in [1.165, 1.54) is 12.0 Å². The zero-order valence-electron chi connectivity index (χ0n) is 24.4. The number of morpholine rings is 1. The monoisotopic (exact) mass is 573 g/mol. The molecular weight excluding hydrogens is 525 g/mol. The molecule has 3 amide bonds. The van der Waals surface area contributed by atoms with Crippen molar-refractivity contribution >= 4 is 11.9 Å². The number of hydrogen-bond donors (Lipinski definition) is 2. The van der Waals surface area contributed by atoms with Gasteiger partial charge in [-0.3, -0.25) is 9.69 Å². The fourth-order valence-electron chi connectivity index (χ4n) is 6.93. The first-order valence-corrected chi connectivity index (χ1v) is 15.7. The summed E-state index contributed by atoms with van der Waals surface area (Å²) in [5, 5.41) is 6.32. The molecule has 4 saturated heterocycles. The van der Waals surface area contributed by atoms with Crippen molar-refractivity contribution in [2.75, 3.05) is 85.3 Å². The number of likely N-dealkylation sites (tertiary alicyclic amines) is 2. The first kappa shape index (κ1) is 30.2. The molecule has 1 aromatic rings. The van der Waals surface area contributed by atoms with E-state index in [0.717, 1.165) is 91.1 Å². The Morgan fingerprint density at radius 3 is 2.41 bits per heavy atom. The van der Waals surface area contributed by atoms with Gasteiger partial charge in [0, 0.05) is 71.5 Å². The third-order valence-electron chi connectivity index (χ3n) is 9.31. The number of hydrogen-bond acceptors (Lipinski definition) is 6. The van der Waals surface area contributed by atoms with Crippen molar-refractivity contribution in [2.24, 2.45) is 17.8 Å². The highest BCUT2D eigenvalue weighted by atomic mass is 19.1. The molecule has 0 aromatic heterocycles. The lowest BCUT2D eigenvalue weighted by molar-refractivity contribution is -0.140. The van der Waals surface area contributed by atoms with Gasteiger partial charge in [0.1, 0.15) is 5.82 Å². The average Bonchev–Trinajstić information content (AvgIpc) is 3.00. The molecule has 10 heteroatoms. The Bertz CT molecular complexity index is 970. The minimum atomic E-state index is -0.190. The standard InChI is InChI=1S/C31H48FN5O4/c32-28-5-3-24(4-6-28)20-25-2-1-11-36(21-25)22-27-7-12-37(30(38)26-8-16-40-17-9-26)23-29(27)34-31(39)33-10-13-35-14-18-41-19-15-35/h3-6,25-27,29H,1-2,7-23H2,(H2,33,34,39). The highest BCUT2D eigenvalue weighted by Crippen LogP contribution is 2.27. The van der Waals surface area contributed by atoms with E-state index in [1.54, 1.807) is 12.1 Å². The van der Waals surface area contributed by atoms with Crippen LogP contribution in [-0.4, -0.2) is 118 Å². The van der Waals surface area contributed by atoms with Crippen LogP contribution in [0.15, 0.2) is 24.3 Å². The lowest BCUT2D eigenvalue weighted by atomic mass is 9.87. The lowest BCUT2D eigenvalue weighted by Gasteiger charge is -2.43. The van der Waals surface area contributed by atoms with Gasteiger partial charge in [-0.15, -0.1) is 0 Å². The summed E-state index contributed by atoms with van der Waals surface area (Å²) < 4.78 is 24.3. The molecule has 0 bridgehead atoms. The molecule has 0 spiro atoms. The third-order valence-corrected chi connectivity index (χ3v) is 9.31. The van der Waals surface area contributed by atoms with Crippen molar-refractivity contribution in [2.45, 2.75) is 44.6 Å². The molecule has 4 heterocycles. The van der Waals surface area contributed by atoms with E-state index in [2.05, 4.69) is 20.4 Å². The first-order valence-electron chi connectivity index (χ1n) is 15.7. The fourth-order valence-corrected chi connectivity index (χ4v) is 6.93. The Morgan fingerprint density at radius 1 is 0.878 bits per heavy atom. The highest BCUT2D eigenvalue weighted by molar-refractivity contribution is 5.79. The summed E-state index contributed by atoms with van der Waals surface area (Å²) in [6.07, 6.45) is 5.73. The Hall–Kier alpha value is -2.27. The molecule has 0 radical (unpaired) electrons. The van der Waals surface area contributed by atoms with Crippen molar-refractivity contribution in [3.8, 4) is 0 Å². The number of ether oxygens (including phenoxy) is 2. The van der Waals surface area contributed by atoms with E-state index in [1.807, 2.05) is 17.0 Å². The van der Waals surface area contributed by atoms with Crippen molar-refractivity contribution in [1.29, 1.82) is 0 Å². The summed E-state index contributed by atoms with van der Waals surface area (Å²) in [6.45, 7) is 10.3. The molecule has 4 fully saturated rings. The second-order valence-electron chi connectivity index (χ2n) is 12.3. The van der Waals surface area contributed by atoms with Crippen molar-refractivity contribution in [1.82, 2.24) is 25.3 Å². The van der Waals surface area contributed by atoms with Gasteiger partial charge in [-0.1, -0.05) is 12.1 Å². The van der Waals surface area contributed by atoms with Crippen LogP contribution in [0.2, 0.25) is 0 Å². The van der Waals surface area contributed by atoms with E-state index in [9.17, 15) is 14.0 Å². The van der Waals surface area contributed by atoms with Crippen LogP contribution >= 0.6 is 0 Å². The number of amides is 3. The third kappa shape index (κ3) is 9.11. The molecule has 3 unspecified atom stereocenters. The van der Waals surface area contributed by atoms with Crippen LogP contribution in [0.4, 0.5) is 9.18 Å². The van der Waals surface area contributed by atoms with Crippen LogP contribution in [0.5, 0.6) is 0 Å². The maximum absolute atomic E-state index is 13.4. The topological polar surface area (TPSA) is 86.4 Å². The van der Waals surface area contributed by atoms with Gasteiger partial charge in [0.05, 0.1) is 19.3 Å². The molecular formula is C31H48FN5O4. The van der Waals surface area contributed by atoms with Crippen LogP contribution in [0.25, 0.3) is 0 Å². The Labute approximate surface area is 244 Å². The number of halogens is 1. The van der Waals surface area contributed by atoms with Gasteiger partial charge in [-0.25, -0.2) is 9.18 Å². The largest absolute Gasteiger partial charge is 0.381 e. The van der Waals surface area contributed by atoms with Crippen molar-refractivity contribution < 1.29 is 23.5 Å². The summed E-state index contributed by atoms with van der Waals surface area (Å²) in [5.41, 5.74) is 1.19. The molecule has 3 atom stereocenters. The zero-order valence-corrected chi connectivity index (χ0v) is 24.4. The molecule has 4 aliphatic heterocycles. The summed E-state index contributed by atoms with van der Waals surface area (Å²) in [6, 6.07) is 6.66. The van der Waals surface area contributed by atoms with Crippen molar-refractivity contribution in [3.05, 3.63) is 35.6 Å². The van der Waals surface area contributed by atoms with Crippen molar-refractivity contribution in [3.63, 3.8) is 0 Å². The molecule has 9 nitrogen and oxygen atoms in total. The van der Waals surface area contributed by atoms with Crippen LogP contribution in [-0.2, 0) is 20.7 Å². The molecule has 5 rings (SSSR count). The predicted octanol–water partition coefficient (Wildman–Crippen LogP) is 2.36. The normalized spacial score (nSPS) is 27.0. The number of nitrogens with zero attached hydrogens (tertiary/aromatic N) is 3. The van der Waals surface area contributed by atoms with E-state index in [4.69, 9.17) is 9.47 Å². The summed E-state index contributed by atoms with van der Waals surface area (Å²) in [5.74, 6) is 0.869. The second-order valence-corrected chi connectivity index (χ2v) is 12.3. The Kier molecular flexibility index (Phi) is 11.2. The van der Waals surface area contributed by atoms with E-state index in [0.29, 0.717) is 32.2 Å². The number of carbonyl (C=O) groups excluding carboxylic acids is 2. The Morgan fingerprint density at radius 2 is 1.63 bits per heavy atom. The molecule has 4 aliphatic rings. The first-order chi connectivity index (χ1) is 20.0. The molecule has 228 valence electrons. The van der Waals surface area contributed by atoms with E-state index in [-0.39, 0.29) is 35.6 Å². The Balaban J connectivity index is 1.16. The summed E-state index contributed by atoms with van der Waals surface area (Å²) in [7, 11) is 0. The molecule has 0 aliphatic carbocycles. The maximum atomic E-state index is 13.4.